The first-order chi connectivity index (χ1) is 8.01. The number of nitrogens with one attached hydrogen (secondary N) is 1. The van der Waals surface area contributed by atoms with Crippen LogP contribution in [0.5, 0.6) is 0 Å². The fourth-order valence-corrected chi connectivity index (χ4v) is 2.42. The molecule has 0 aromatic carbocycles. The van der Waals surface area contributed by atoms with E-state index in [1.807, 2.05) is 13.8 Å². The van der Waals surface area contributed by atoms with Crippen LogP contribution in [0.25, 0.3) is 0 Å². The predicted molar refractivity (Wildman–Crippen MR) is 69.6 cm³/mol. The molecular weight excluding hydrogens is 258 g/mol. The number of hydrogen-bond donors (Lipinski definition) is 1. The number of hydrogen-bond acceptors (Lipinski definition) is 4. The molecule has 94 valence electrons. The van der Waals surface area contributed by atoms with Gasteiger partial charge >= 0.3 is 0 Å². The molecule has 1 heterocycles. The third-order valence-corrected chi connectivity index (χ3v) is 4.63. The highest BCUT2D eigenvalue weighted by Crippen LogP contribution is 2.33. The van der Waals surface area contributed by atoms with Crippen LogP contribution in [0.15, 0.2) is 0 Å². The number of anilines is 1. The highest BCUT2D eigenvalue weighted by molar-refractivity contribution is 7.15. The van der Waals surface area contributed by atoms with Gasteiger partial charge < -0.3 is 5.32 Å². The zero-order chi connectivity index (χ0) is 12.5. The number of halogens is 1. The number of aromatic nitrogens is 2. The molecule has 6 heteroatoms. The Morgan fingerprint density at radius 1 is 1.53 bits per heavy atom. The molecule has 0 spiro atoms. The predicted octanol–water partition coefficient (Wildman–Crippen LogP) is 2.79. The number of carbonyl (C=O) groups is 1. The lowest BCUT2D eigenvalue weighted by molar-refractivity contribution is -0.116. The van der Waals surface area contributed by atoms with Crippen molar-refractivity contribution >= 4 is 34.0 Å². The van der Waals surface area contributed by atoms with E-state index in [9.17, 15) is 4.79 Å². The highest BCUT2D eigenvalue weighted by atomic mass is 35.5. The van der Waals surface area contributed by atoms with E-state index in [1.165, 1.54) is 24.2 Å². The van der Waals surface area contributed by atoms with Gasteiger partial charge in [0.1, 0.15) is 5.01 Å². The molecule has 1 saturated carbocycles. The molecule has 1 N–H and O–H groups in total. The summed E-state index contributed by atoms with van der Waals surface area (Å²) in [5.74, 6) is 1.11. The molecule has 1 amide bonds. The maximum Gasteiger partial charge on any atom is 0.226 e. The zero-order valence-electron chi connectivity index (χ0n) is 9.99. The second-order valence-electron chi connectivity index (χ2n) is 5.13. The van der Waals surface area contributed by atoms with Gasteiger partial charge in [0.05, 0.1) is 0 Å². The Morgan fingerprint density at radius 2 is 2.24 bits per heavy atom. The average Bonchev–Trinajstić information content (AvgIpc) is 2.94. The van der Waals surface area contributed by atoms with Gasteiger partial charge in [0.25, 0.3) is 0 Å². The molecule has 1 aromatic heterocycles. The topological polar surface area (TPSA) is 54.9 Å². The van der Waals surface area contributed by atoms with Crippen molar-refractivity contribution in [3.05, 3.63) is 5.01 Å². The lowest BCUT2D eigenvalue weighted by Gasteiger charge is -2.16. The number of carbonyl (C=O) groups excluding carboxylic acids is 1. The summed E-state index contributed by atoms with van der Waals surface area (Å²) in [6.45, 7) is 4.02. The van der Waals surface area contributed by atoms with E-state index in [2.05, 4.69) is 15.5 Å². The normalized spacial score (nSPS) is 15.9. The summed E-state index contributed by atoms with van der Waals surface area (Å²) in [7, 11) is 0. The lowest BCUT2D eigenvalue weighted by Crippen LogP contribution is -2.18. The van der Waals surface area contributed by atoms with E-state index in [4.69, 9.17) is 11.6 Å². The molecule has 0 saturated heterocycles. The monoisotopic (exact) mass is 273 g/mol. The maximum atomic E-state index is 11.6. The van der Waals surface area contributed by atoms with Crippen LogP contribution in [-0.2, 0) is 10.2 Å². The Bertz CT molecular complexity index is 415. The Hall–Kier alpha value is -0.680. The van der Waals surface area contributed by atoms with Crippen molar-refractivity contribution in [1.82, 2.24) is 10.2 Å². The van der Waals surface area contributed by atoms with Gasteiger partial charge in [-0.1, -0.05) is 25.2 Å². The summed E-state index contributed by atoms with van der Waals surface area (Å²) in [4.78, 5) is 11.6. The second kappa shape index (κ2) is 4.90. The molecule has 17 heavy (non-hydrogen) atoms. The van der Waals surface area contributed by atoms with Crippen molar-refractivity contribution in [3.8, 4) is 0 Å². The van der Waals surface area contributed by atoms with Crippen molar-refractivity contribution in [2.75, 3.05) is 11.2 Å². The standard InChI is InChI=1S/C11H16ClN3OS/c1-11(2,6-12)9-14-15-10(17-9)13-8(16)5-7-3-4-7/h7H,3-6H2,1-2H3,(H,13,15,16). The van der Waals surface area contributed by atoms with Crippen molar-refractivity contribution < 1.29 is 4.79 Å². The van der Waals surface area contributed by atoms with E-state index in [-0.39, 0.29) is 11.3 Å². The molecule has 1 fully saturated rings. The van der Waals surface area contributed by atoms with Crippen LogP contribution in [0.4, 0.5) is 5.13 Å². The number of nitrogens with zero attached hydrogens (tertiary/aromatic N) is 2. The number of rotatable bonds is 5. The fourth-order valence-electron chi connectivity index (χ4n) is 1.36. The van der Waals surface area contributed by atoms with Gasteiger partial charge in [0.15, 0.2) is 0 Å². The third-order valence-electron chi connectivity index (χ3n) is 2.76. The van der Waals surface area contributed by atoms with Crippen LogP contribution in [0.2, 0.25) is 0 Å². The van der Waals surface area contributed by atoms with Crippen molar-refractivity contribution in [2.24, 2.45) is 5.92 Å². The van der Waals surface area contributed by atoms with Crippen LogP contribution in [0, 0.1) is 5.92 Å². The van der Waals surface area contributed by atoms with Crippen LogP contribution in [0.3, 0.4) is 0 Å². The van der Waals surface area contributed by atoms with Crippen molar-refractivity contribution in [2.45, 2.75) is 38.5 Å². The molecule has 0 aliphatic heterocycles. The minimum absolute atomic E-state index is 0.0406. The molecule has 0 unspecified atom stereocenters. The summed E-state index contributed by atoms with van der Waals surface area (Å²) in [6, 6.07) is 0. The first-order valence-corrected chi connectivity index (χ1v) is 7.06. The molecule has 1 aromatic rings. The van der Waals surface area contributed by atoms with Crippen LogP contribution in [0.1, 0.15) is 38.1 Å². The van der Waals surface area contributed by atoms with Crippen molar-refractivity contribution in [1.29, 1.82) is 0 Å². The van der Waals surface area contributed by atoms with Crippen LogP contribution >= 0.6 is 22.9 Å². The summed E-state index contributed by atoms with van der Waals surface area (Å²) in [5.41, 5.74) is -0.196. The minimum Gasteiger partial charge on any atom is -0.301 e. The van der Waals surface area contributed by atoms with Gasteiger partial charge in [0, 0.05) is 17.7 Å². The maximum absolute atomic E-state index is 11.6. The fraction of sp³-hybridized carbons (Fsp3) is 0.727. The first kappa shape index (κ1) is 12.8. The molecule has 4 nitrogen and oxygen atoms in total. The Morgan fingerprint density at radius 3 is 2.82 bits per heavy atom. The Kier molecular flexibility index (Phi) is 3.68. The second-order valence-corrected chi connectivity index (χ2v) is 6.37. The van der Waals surface area contributed by atoms with Gasteiger partial charge in [-0.05, 0) is 18.8 Å². The molecule has 1 aliphatic rings. The van der Waals surface area contributed by atoms with Gasteiger partial charge in [-0.15, -0.1) is 21.8 Å². The largest absolute Gasteiger partial charge is 0.301 e. The van der Waals surface area contributed by atoms with Gasteiger partial charge in [-0.25, -0.2) is 0 Å². The Balaban J connectivity index is 1.95. The molecule has 0 atom stereocenters. The first-order valence-electron chi connectivity index (χ1n) is 5.71. The van der Waals surface area contributed by atoms with Crippen molar-refractivity contribution in [3.63, 3.8) is 0 Å². The summed E-state index contributed by atoms with van der Waals surface area (Å²) in [5, 5.41) is 12.3. The molecule has 0 bridgehead atoms. The van der Waals surface area contributed by atoms with Gasteiger partial charge in [-0.3, -0.25) is 4.79 Å². The smallest absolute Gasteiger partial charge is 0.226 e. The molecule has 1 aliphatic carbocycles. The number of amides is 1. The van der Waals surface area contributed by atoms with E-state index in [0.717, 1.165) is 5.01 Å². The highest BCUT2D eigenvalue weighted by Gasteiger charge is 2.26. The average molecular weight is 274 g/mol. The molecule has 2 rings (SSSR count). The van der Waals surface area contributed by atoms with Crippen LogP contribution < -0.4 is 5.32 Å². The third kappa shape index (κ3) is 3.39. The number of alkyl halides is 1. The van der Waals surface area contributed by atoms with E-state index in [0.29, 0.717) is 23.4 Å². The zero-order valence-corrected chi connectivity index (χ0v) is 11.6. The SMILES string of the molecule is CC(C)(CCl)c1nnc(NC(=O)CC2CC2)s1. The van der Waals surface area contributed by atoms with Gasteiger partial charge in [-0.2, -0.15) is 0 Å². The molecular formula is C11H16ClN3OS. The summed E-state index contributed by atoms with van der Waals surface area (Å²) >= 11 is 7.27. The quantitative estimate of drug-likeness (QED) is 0.840. The summed E-state index contributed by atoms with van der Waals surface area (Å²) in [6.07, 6.45) is 2.95. The Labute approximate surface area is 110 Å². The lowest BCUT2D eigenvalue weighted by atomic mass is 9.98. The van der Waals surface area contributed by atoms with Gasteiger partial charge in [0.2, 0.25) is 11.0 Å². The van der Waals surface area contributed by atoms with E-state index in [1.54, 1.807) is 0 Å². The minimum atomic E-state index is -0.196. The molecule has 0 radical (unpaired) electrons. The van der Waals surface area contributed by atoms with Crippen LogP contribution in [-0.4, -0.2) is 22.0 Å². The van der Waals surface area contributed by atoms with E-state index >= 15 is 0 Å². The van der Waals surface area contributed by atoms with E-state index < -0.39 is 0 Å². The summed E-state index contributed by atoms with van der Waals surface area (Å²) < 4.78 is 0.